The number of carbonyl (C=O) groups is 1. The van der Waals surface area contributed by atoms with Gasteiger partial charge in [-0.15, -0.1) is 0 Å². The van der Waals surface area contributed by atoms with Crippen LogP contribution < -0.4 is 26.9 Å². The van der Waals surface area contributed by atoms with Gasteiger partial charge in [-0.3, -0.25) is 4.79 Å². The molecule has 3 aliphatic rings. The maximum absolute atomic E-state index is 14.2. The van der Waals surface area contributed by atoms with Crippen molar-refractivity contribution >= 4 is 50.2 Å². The highest BCUT2D eigenvalue weighted by molar-refractivity contribution is 8.76. The molecule has 0 radical (unpaired) electrons. The lowest BCUT2D eigenvalue weighted by Gasteiger charge is -2.42. The van der Waals surface area contributed by atoms with E-state index in [-0.39, 0.29) is 34.7 Å². The summed E-state index contributed by atoms with van der Waals surface area (Å²) < 4.78 is 25.0. The average molecular weight is 706 g/mol. The van der Waals surface area contributed by atoms with Crippen LogP contribution in [0.4, 0.5) is 11.6 Å². The van der Waals surface area contributed by atoms with E-state index in [0.29, 0.717) is 72.4 Å². The first-order valence-corrected chi connectivity index (χ1v) is 18.8. The minimum absolute atomic E-state index is 0.0695. The number of phenolic OH excluding ortho intramolecular Hbond substituents is 1. The molecule has 3 aromatic heterocycles. The fraction of sp³-hybridized carbons (Fsp3) is 0.429. The third-order valence-corrected chi connectivity index (χ3v) is 12.0. The summed E-state index contributed by atoms with van der Waals surface area (Å²) in [5.74, 6) is 2.15. The van der Waals surface area contributed by atoms with Crippen LogP contribution in [0.5, 0.6) is 11.5 Å². The Morgan fingerprint density at radius 1 is 1.12 bits per heavy atom. The summed E-state index contributed by atoms with van der Waals surface area (Å²) in [5, 5.41) is 14.5. The molecule has 1 fully saturated rings. The Bertz CT molecular complexity index is 2010. The van der Waals surface area contributed by atoms with E-state index in [4.69, 9.17) is 30.1 Å². The highest BCUT2D eigenvalue weighted by atomic mass is 33.1. The number of ether oxygens (including phenoxy) is 3. The van der Waals surface area contributed by atoms with Crippen molar-refractivity contribution in [3.05, 3.63) is 69.2 Å². The third-order valence-electron chi connectivity index (χ3n) is 9.68. The lowest BCUT2D eigenvalue weighted by Crippen LogP contribution is -2.53. The molecule has 14 heteroatoms. The molecule has 0 unspecified atom stereocenters. The highest BCUT2D eigenvalue weighted by Crippen LogP contribution is 2.48. The van der Waals surface area contributed by atoms with E-state index in [1.165, 1.54) is 6.07 Å². The molecule has 0 aliphatic carbocycles. The van der Waals surface area contributed by atoms with Gasteiger partial charge in [0.2, 0.25) is 0 Å². The van der Waals surface area contributed by atoms with Gasteiger partial charge >= 0.3 is 5.97 Å². The number of fused-ring (bicyclic) bond motifs is 8. The van der Waals surface area contributed by atoms with Gasteiger partial charge in [0.15, 0.2) is 11.0 Å². The van der Waals surface area contributed by atoms with Crippen molar-refractivity contribution in [2.24, 2.45) is 0 Å². The van der Waals surface area contributed by atoms with E-state index < -0.39 is 23.3 Å². The predicted molar refractivity (Wildman–Crippen MR) is 191 cm³/mol. The molecule has 7 rings (SSSR count). The largest absolute Gasteiger partial charge is 0.507 e. The van der Waals surface area contributed by atoms with Crippen molar-refractivity contribution in [2.75, 3.05) is 30.8 Å². The molecule has 4 atom stereocenters. The standard InChI is InChI=1S/C35H39N5O7S2/c1-18-12-24(41)30-26(44-18)16-25-21(31(30)42)15-28-34(2,46-25)8-11-48-49-17-22-20(6-9-39-32(22)37)23-13-19(14-29(36)40-23)4-5-27-35(47-27,7-10-38-3)33(43)45-28/h6,9,12-14,16,27-28,38,42H,4-5,7-8,10-11,15,17H2,1-3H3,(H2,36,40)(H2,37,39)/t27-,28-,34+,35-/m1/s1. The topological polar surface area (TPSA) is 188 Å². The first kappa shape index (κ1) is 33.5. The van der Waals surface area contributed by atoms with E-state index in [1.807, 2.05) is 32.2 Å². The fourth-order valence-corrected chi connectivity index (χ4v) is 9.19. The Morgan fingerprint density at radius 3 is 2.78 bits per heavy atom. The summed E-state index contributed by atoms with van der Waals surface area (Å²) >= 11 is 0. The zero-order valence-electron chi connectivity index (χ0n) is 27.5. The van der Waals surface area contributed by atoms with Crippen molar-refractivity contribution in [1.29, 1.82) is 0 Å². The first-order valence-electron chi connectivity index (χ1n) is 16.3. The number of benzene rings is 1. The second kappa shape index (κ2) is 13.0. The maximum atomic E-state index is 14.2. The van der Waals surface area contributed by atoms with Gasteiger partial charge in [0, 0.05) is 65.8 Å². The third kappa shape index (κ3) is 6.31. The molecule has 49 heavy (non-hydrogen) atoms. The van der Waals surface area contributed by atoms with Crippen molar-refractivity contribution in [3.63, 3.8) is 0 Å². The Kier molecular flexibility index (Phi) is 8.92. The number of hydrogen-bond acceptors (Lipinski definition) is 14. The molecule has 6 N–H and O–H groups in total. The number of anilines is 2. The lowest BCUT2D eigenvalue weighted by atomic mass is 9.86. The number of aromatic nitrogens is 2. The van der Waals surface area contributed by atoms with E-state index in [1.54, 1.807) is 40.8 Å². The number of nitrogens with zero attached hydrogens (tertiary/aromatic N) is 2. The molecule has 4 aromatic rings. The molecular formula is C35H39N5O7S2. The number of nitrogens with two attached hydrogens (primary N) is 2. The lowest BCUT2D eigenvalue weighted by molar-refractivity contribution is -0.169. The van der Waals surface area contributed by atoms with Crippen LogP contribution in [-0.4, -0.2) is 63.8 Å². The monoisotopic (exact) mass is 705 g/mol. The number of esters is 1. The Balaban J connectivity index is 1.26. The molecule has 12 nitrogen and oxygen atoms in total. The quantitative estimate of drug-likeness (QED) is 0.130. The minimum Gasteiger partial charge on any atom is -0.507 e. The van der Waals surface area contributed by atoms with Gasteiger partial charge in [-0.1, -0.05) is 21.6 Å². The number of carbonyl (C=O) groups excluding carboxylic acids is 1. The van der Waals surface area contributed by atoms with Crippen LogP contribution in [0, 0.1) is 6.92 Å². The molecular weight excluding hydrogens is 667 g/mol. The van der Waals surface area contributed by atoms with Crippen molar-refractivity contribution in [3.8, 4) is 22.8 Å². The van der Waals surface area contributed by atoms with Crippen LogP contribution in [0.25, 0.3) is 22.2 Å². The van der Waals surface area contributed by atoms with Crippen LogP contribution in [0.1, 0.15) is 48.6 Å². The summed E-state index contributed by atoms with van der Waals surface area (Å²) in [4.78, 5) is 36.0. The minimum atomic E-state index is -1.14. The molecule has 0 saturated carbocycles. The highest BCUT2D eigenvalue weighted by Gasteiger charge is 2.63. The van der Waals surface area contributed by atoms with E-state index in [0.717, 1.165) is 22.4 Å². The zero-order valence-corrected chi connectivity index (χ0v) is 29.2. The van der Waals surface area contributed by atoms with Gasteiger partial charge in [0.25, 0.3) is 0 Å². The van der Waals surface area contributed by atoms with Gasteiger partial charge in [-0.05, 0) is 64.0 Å². The second-order valence-corrected chi connectivity index (χ2v) is 15.6. The number of aryl methyl sites for hydroxylation is 2. The maximum Gasteiger partial charge on any atom is 0.341 e. The number of hydrogen-bond donors (Lipinski definition) is 4. The molecule has 1 aromatic carbocycles. The van der Waals surface area contributed by atoms with Crippen LogP contribution in [-0.2, 0) is 32.9 Å². The predicted octanol–water partition coefficient (Wildman–Crippen LogP) is 4.70. The molecule has 1 saturated heterocycles. The normalized spacial score (nSPS) is 25.4. The fourth-order valence-electron chi connectivity index (χ4n) is 6.87. The summed E-state index contributed by atoms with van der Waals surface area (Å²) in [6.07, 6.45) is 2.74. The van der Waals surface area contributed by atoms with Crippen LogP contribution >= 0.6 is 21.6 Å². The number of epoxide rings is 1. The molecule has 2 bridgehead atoms. The summed E-state index contributed by atoms with van der Waals surface area (Å²) in [7, 11) is 5.09. The second-order valence-electron chi connectivity index (χ2n) is 13.0. The SMILES string of the molecule is CNCC[C@@]12O[C@@H]1CCc1cc(N)nc(c1)-c1ccnc(N)c1CSSCC[C@]1(C)Oc3cc4oc(C)cc(=O)c4c(O)c3C[C@H]1OC2=O. The summed E-state index contributed by atoms with van der Waals surface area (Å²) in [6.45, 7) is 4.13. The number of nitrogen functional groups attached to an aromatic ring is 2. The van der Waals surface area contributed by atoms with Crippen LogP contribution in [0.3, 0.4) is 0 Å². The number of pyridine rings is 2. The zero-order chi connectivity index (χ0) is 34.5. The summed E-state index contributed by atoms with van der Waals surface area (Å²) in [6, 6.07) is 8.74. The van der Waals surface area contributed by atoms with Crippen LogP contribution in [0.2, 0.25) is 0 Å². The van der Waals surface area contributed by atoms with Gasteiger partial charge in [-0.25, -0.2) is 14.8 Å². The average Bonchev–Trinajstić information content (AvgIpc) is 3.77. The summed E-state index contributed by atoms with van der Waals surface area (Å²) in [5.41, 5.74) is 14.2. The van der Waals surface area contributed by atoms with Crippen molar-refractivity contribution < 1.29 is 28.5 Å². The molecule has 6 heterocycles. The molecule has 0 amide bonds. The van der Waals surface area contributed by atoms with Gasteiger partial charge in [-0.2, -0.15) is 0 Å². The van der Waals surface area contributed by atoms with E-state index in [9.17, 15) is 14.7 Å². The Hall–Kier alpha value is -3.98. The molecule has 0 spiro atoms. The Labute approximate surface area is 291 Å². The Morgan fingerprint density at radius 2 is 1.96 bits per heavy atom. The first-order chi connectivity index (χ1) is 23.5. The number of phenols is 1. The molecule has 258 valence electrons. The number of rotatable bonds is 3. The molecule has 3 aliphatic heterocycles. The van der Waals surface area contributed by atoms with Crippen molar-refractivity contribution in [1.82, 2.24) is 15.3 Å². The van der Waals surface area contributed by atoms with Gasteiger partial charge in [0.1, 0.15) is 51.6 Å². The smallest absolute Gasteiger partial charge is 0.341 e. The van der Waals surface area contributed by atoms with Crippen molar-refractivity contribution in [2.45, 2.75) is 75.1 Å². The number of nitrogens with one attached hydrogen (secondary N) is 1. The number of aromatic hydroxyl groups is 1. The van der Waals surface area contributed by atoms with Gasteiger partial charge < -0.3 is 40.5 Å². The van der Waals surface area contributed by atoms with E-state index >= 15 is 0 Å². The van der Waals surface area contributed by atoms with Gasteiger partial charge in [0.05, 0.1) is 11.8 Å². The van der Waals surface area contributed by atoms with Crippen LogP contribution in [0.15, 0.2) is 45.7 Å². The van der Waals surface area contributed by atoms with E-state index in [2.05, 4.69) is 15.3 Å².